The van der Waals surface area contributed by atoms with Gasteiger partial charge in [-0.25, -0.2) is 8.42 Å². The zero-order valence-electron chi connectivity index (χ0n) is 17.2. The van der Waals surface area contributed by atoms with Crippen LogP contribution in [0.4, 0.5) is 11.4 Å². The summed E-state index contributed by atoms with van der Waals surface area (Å²) in [6.45, 7) is 4.26. The molecule has 9 heteroatoms. The Labute approximate surface area is 171 Å². The maximum Gasteiger partial charge on any atom is 0.257 e. The molecule has 1 N–H and O–H groups in total. The topological polar surface area (TPSA) is 94.2 Å². The largest absolute Gasteiger partial charge is 0.494 e. The molecule has 2 aromatic carbocycles. The smallest absolute Gasteiger partial charge is 0.257 e. The Morgan fingerprint density at radius 1 is 1.03 bits per heavy atom. The van der Waals surface area contributed by atoms with E-state index in [4.69, 9.17) is 14.2 Å². The van der Waals surface area contributed by atoms with Crippen LogP contribution in [0.25, 0.3) is 0 Å². The molecule has 0 aromatic heterocycles. The lowest BCUT2D eigenvalue weighted by atomic mass is 10.1. The van der Waals surface area contributed by atoms with E-state index in [2.05, 4.69) is 5.32 Å². The van der Waals surface area contributed by atoms with E-state index in [9.17, 15) is 13.2 Å². The number of benzene rings is 2. The first-order chi connectivity index (χ1) is 13.7. The van der Waals surface area contributed by atoms with Gasteiger partial charge in [0.2, 0.25) is 10.0 Å². The molecule has 0 radical (unpaired) electrons. The number of carbonyl (C=O) groups is 1. The molecule has 2 aromatic rings. The van der Waals surface area contributed by atoms with E-state index in [1.54, 1.807) is 31.2 Å². The maximum atomic E-state index is 13.0. The van der Waals surface area contributed by atoms with Crippen molar-refractivity contribution >= 4 is 27.3 Å². The Bertz CT molecular complexity index is 958. The number of nitrogens with zero attached hydrogens (tertiary/aromatic N) is 1. The number of ether oxygens (including phenoxy) is 3. The molecule has 0 atom stereocenters. The minimum Gasteiger partial charge on any atom is -0.494 e. The molecule has 0 aliphatic heterocycles. The van der Waals surface area contributed by atoms with Gasteiger partial charge in [-0.3, -0.25) is 9.10 Å². The van der Waals surface area contributed by atoms with Crippen LogP contribution in [-0.4, -0.2) is 48.0 Å². The molecule has 1 amide bonds. The van der Waals surface area contributed by atoms with Crippen LogP contribution >= 0.6 is 0 Å². The number of hydrogen-bond donors (Lipinski definition) is 1. The van der Waals surface area contributed by atoms with Gasteiger partial charge in [0.1, 0.15) is 5.75 Å². The van der Waals surface area contributed by atoms with E-state index < -0.39 is 15.9 Å². The molecule has 8 nitrogen and oxygen atoms in total. The lowest BCUT2D eigenvalue weighted by molar-refractivity contribution is 0.102. The van der Waals surface area contributed by atoms with Crippen molar-refractivity contribution in [1.82, 2.24) is 0 Å². The minimum absolute atomic E-state index is 0.142. The van der Waals surface area contributed by atoms with Crippen LogP contribution in [0.1, 0.15) is 24.2 Å². The number of hydrogen-bond acceptors (Lipinski definition) is 6. The van der Waals surface area contributed by atoms with E-state index >= 15 is 0 Å². The summed E-state index contributed by atoms with van der Waals surface area (Å²) in [6.07, 6.45) is 1.08. The van der Waals surface area contributed by atoms with Crippen LogP contribution in [-0.2, 0) is 10.0 Å². The van der Waals surface area contributed by atoms with Gasteiger partial charge in [0.05, 0.1) is 38.3 Å². The zero-order valence-corrected chi connectivity index (χ0v) is 18.0. The lowest BCUT2D eigenvalue weighted by Gasteiger charge is -2.24. The Kier molecular flexibility index (Phi) is 7.33. The predicted octanol–water partition coefficient (Wildman–Crippen LogP) is 3.14. The van der Waals surface area contributed by atoms with Gasteiger partial charge >= 0.3 is 0 Å². The Balaban J connectivity index is 2.49. The van der Waals surface area contributed by atoms with Crippen LogP contribution < -0.4 is 23.8 Å². The molecular weight excluding hydrogens is 396 g/mol. The third-order valence-electron chi connectivity index (χ3n) is 4.13. The molecule has 0 aliphatic rings. The summed E-state index contributed by atoms with van der Waals surface area (Å²) in [5, 5.41) is 2.77. The monoisotopic (exact) mass is 422 g/mol. The molecule has 0 saturated heterocycles. The molecule has 0 bridgehead atoms. The minimum atomic E-state index is -3.61. The number of amides is 1. The van der Waals surface area contributed by atoms with Crippen LogP contribution in [0.2, 0.25) is 0 Å². The highest BCUT2D eigenvalue weighted by Crippen LogP contribution is 2.36. The van der Waals surface area contributed by atoms with Crippen molar-refractivity contribution in [2.75, 3.05) is 43.2 Å². The Morgan fingerprint density at radius 3 is 2.10 bits per heavy atom. The summed E-state index contributed by atoms with van der Waals surface area (Å²) in [6, 6.07) is 9.84. The van der Waals surface area contributed by atoms with Gasteiger partial charge in [0, 0.05) is 18.3 Å². The number of nitrogens with one attached hydrogen (secondary N) is 1. The summed E-state index contributed by atoms with van der Waals surface area (Å²) >= 11 is 0. The highest BCUT2D eigenvalue weighted by atomic mass is 32.2. The van der Waals surface area contributed by atoms with Crippen LogP contribution in [0.5, 0.6) is 17.2 Å². The van der Waals surface area contributed by atoms with Crippen molar-refractivity contribution < 1.29 is 27.4 Å². The van der Waals surface area contributed by atoms with Crippen molar-refractivity contribution in [2.45, 2.75) is 13.8 Å². The van der Waals surface area contributed by atoms with Crippen LogP contribution in [0.15, 0.2) is 36.4 Å². The molecule has 0 unspecified atom stereocenters. The van der Waals surface area contributed by atoms with E-state index in [0.29, 0.717) is 29.5 Å². The Morgan fingerprint density at radius 2 is 1.62 bits per heavy atom. The van der Waals surface area contributed by atoms with Crippen molar-refractivity contribution in [1.29, 1.82) is 0 Å². The molecular formula is C20H26N2O6S. The summed E-state index contributed by atoms with van der Waals surface area (Å²) in [7, 11) is -0.726. The molecule has 2 rings (SSSR count). The van der Waals surface area contributed by atoms with Gasteiger partial charge in [-0.2, -0.15) is 0 Å². The van der Waals surface area contributed by atoms with Gasteiger partial charge in [-0.05, 0) is 44.2 Å². The first-order valence-electron chi connectivity index (χ1n) is 9.03. The van der Waals surface area contributed by atoms with Gasteiger partial charge in [0.25, 0.3) is 5.91 Å². The van der Waals surface area contributed by atoms with Gasteiger partial charge in [-0.1, -0.05) is 0 Å². The summed E-state index contributed by atoms with van der Waals surface area (Å²) < 4.78 is 41.6. The summed E-state index contributed by atoms with van der Waals surface area (Å²) in [5.41, 5.74) is 0.890. The zero-order chi connectivity index (χ0) is 21.6. The third-order valence-corrected chi connectivity index (χ3v) is 5.38. The van der Waals surface area contributed by atoms with Crippen molar-refractivity contribution in [3.05, 3.63) is 42.0 Å². The molecule has 158 valence electrons. The van der Waals surface area contributed by atoms with E-state index in [-0.39, 0.29) is 17.8 Å². The molecule has 0 aliphatic carbocycles. The van der Waals surface area contributed by atoms with Crippen molar-refractivity contribution in [2.24, 2.45) is 0 Å². The third kappa shape index (κ3) is 5.32. The lowest BCUT2D eigenvalue weighted by Crippen LogP contribution is -2.31. The fraction of sp³-hybridized carbons (Fsp3) is 0.350. The number of anilines is 2. The van der Waals surface area contributed by atoms with Gasteiger partial charge in [0.15, 0.2) is 11.5 Å². The number of sulfonamides is 1. The highest BCUT2D eigenvalue weighted by Gasteiger charge is 2.25. The summed E-state index contributed by atoms with van der Waals surface area (Å²) in [5.74, 6) is 0.846. The van der Waals surface area contributed by atoms with Crippen molar-refractivity contribution in [3.8, 4) is 17.2 Å². The van der Waals surface area contributed by atoms with E-state index in [1.165, 1.54) is 26.4 Å². The second kappa shape index (κ2) is 9.51. The molecule has 0 spiro atoms. The standard InChI is InChI=1S/C20H26N2O6S/c1-6-22(29(5,24)25)17-13-19(27-4)18(26-3)12-16(17)20(23)21-14-8-10-15(11-9-14)28-7-2/h8-13H,6-7H2,1-5H3,(H,21,23). The summed E-state index contributed by atoms with van der Waals surface area (Å²) in [4.78, 5) is 13.0. The molecule has 0 saturated carbocycles. The number of rotatable bonds is 9. The first kappa shape index (κ1) is 22.4. The fourth-order valence-electron chi connectivity index (χ4n) is 2.84. The highest BCUT2D eigenvalue weighted by molar-refractivity contribution is 7.92. The number of carbonyl (C=O) groups excluding carboxylic acids is 1. The van der Waals surface area contributed by atoms with Crippen LogP contribution in [0, 0.1) is 0 Å². The molecule has 0 heterocycles. The SMILES string of the molecule is CCOc1ccc(NC(=O)c2cc(OC)c(OC)cc2N(CC)S(C)(=O)=O)cc1. The van der Waals surface area contributed by atoms with Crippen LogP contribution in [0.3, 0.4) is 0 Å². The van der Waals surface area contributed by atoms with Gasteiger partial charge in [-0.15, -0.1) is 0 Å². The number of methoxy groups -OCH3 is 2. The van der Waals surface area contributed by atoms with E-state index in [1.807, 2.05) is 6.92 Å². The fourth-order valence-corrected chi connectivity index (χ4v) is 3.82. The molecule has 29 heavy (non-hydrogen) atoms. The van der Waals surface area contributed by atoms with E-state index in [0.717, 1.165) is 10.6 Å². The molecule has 0 fully saturated rings. The first-order valence-corrected chi connectivity index (χ1v) is 10.9. The average molecular weight is 423 g/mol. The average Bonchev–Trinajstić information content (AvgIpc) is 2.68. The quantitative estimate of drug-likeness (QED) is 0.667. The maximum absolute atomic E-state index is 13.0. The second-order valence-electron chi connectivity index (χ2n) is 6.06. The second-order valence-corrected chi connectivity index (χ2v) is 7.97. The Hall–Kier alpha value is -2.94. The van der Waals surface area contributed by atoms with Gasteiger partial charge < -0.3 is 19.5 Å². The normalized spacial score (nSPS) is 10.9. The predicted molar refractivity (Wildman–Crippen MR) is 113 cm³/mol. The van der Waals surface area contributed by atoms with Crippen molar-refractivity contribution in [3.63, 3.8) is 0 Å².